The van der Waals surface area contributed by atoms with Crippen molar-refractivity contribution in [1.29, 1.82) is 0 Å². The minimum Gasteiger partial charge on any atom is -0.370 e. The van der Waals surface area contributed by atoms with Gasteiger partial charge in [0.15, 0.2) is 5.96 Å². The van der Waals surface area contributed by atoms with Crippen molar-refractivity contribution in [3.05, 3.63) is 23.8 Å². The Kier molecular flexibility index (Phi) is 3.75. The summed E-state index contributed by atoms with van der Waals surface area (Å²) < 4.78 is 8.35. The van der Waals surface area contributed by atoms with Crippen LogP contribution in [0.25, 0.3) is 11.0 Å². The molecule has 3 heterocycles. The Morgan fingerprint density at radius 3 is 2.80 bits per heavy atom. The van der Waals surface area contributed by atoms with E-state index in [4.69, 9.17) is 5.73 Å². The zero-order valence-corrected chi connectivity index (χ0v) is 14.2. The molecule has 4 rings (SSSR count). The number of carbonyl (C=O) groups excluding carboxylic acids is 2. The first-order valence-electron chi connectivity index (χ1n) is 7.96. The molecule has 130 valence electrons. The summed E-state index contributed by atoms with van der Waals surface area (Å²) in [5.41, 5.74) is 7.44. The van der Waals surface area contributed by atoms with Crippen molar-refractivity contribution in [2.45, 2.75) is 24.9 Å². The van der Waals surface area contributed by atoms with Crippen molar-refractivity contribution < 1.29 is 9.59 Å². The molecule has 1 spiro atoms. The lowest BCUT2D eigenvalue weighted by molar-refractivity contribution is -0.125. The van der Waals surface area contributed by atoms with Gasteiger partial charge < -0.3 is 16.0 Å². The molecule has 0 unspecified atom stereocenters. The Morgan fingerprint density at radius 1 is 1.32 bits per heavy atom. The molecule has 10 heteroatoms. The second kappa shape index (κ2) is 5.96. The van der Waals surface area contributed by atoms with E-state index in [2.05, 4.69) is 24.4 Å². The second-order valence-electron chi connectivity index (χ2n) is 6.22. The number of likely N-dealkylation sites (tertiary alicyclic amines) is 1. The van der Waals surface area contributed by atoms with Crippen molar-refractivity contribution >= 4 is 40.7 Å². The SMILES string of the molecule is NC1=NC2(CCN(C(=O)NCc3ccc4nsnc4c3)CC2)C(=O)N1. The van der Waals surface area contributed by atoms with Crippen LogP contribution in [0, 0.1) is 0 Å². The summed E-state index contributed by atoms with van der Waals surface area (Å²) in [7, 11) is 0. The molecule has 1 fully saturated rings. The number of amides is 3. The highest BCUT2D eigenvalue weighted by Crippen LogP contribution is 2.29. The number of benzene rings is 1. The Morgan fingerprint density at radius 2 is 2.08 bits per heavy atom. The Balaban J connectivity index is 1.34. The van der Waals surface area contributed by atoms with Crippen LogP contribution in [0.2, 0.25) is 0 Å². The number of nitrogens with zero attached hydrogens (tertiary/aromatic N) is 4. The van der Waals surface area contributed by atoms with Crippen molar-refractivity contribution in [2.24, 2.45) is 10.7 Å². The van der Waals surface area contributed by atoms with E-state index in [0.29, 0.717) is 32.5 Å². The molecular weight excluding hydrogens is 342 g/mol. The van der Waals surface area contributed by atoms with Crippen molar-refractivity contribution in [3.8, 4) is 0 Å². The molecule has 9 nitrogen and oxygen atoms in total. The number of aromatic nitrogens is 2. The number of rotatable bonds is 2. The van der Waals surface area contributed by atoms with Crippen LogP contribution in [-0.4, -0.2) is 50.2 Å². The molecule has 25 heavy (non-hydrogen) atoms. The number of guanidine groups is 1. The molecular formula is C15H17N7O2S. The quantitative estimate of drug-likeness (QED) is 0.705. The van der Waals surface area contributed by atoms with Crippen molar-refractivity contribution in [2.75, 3.05) is 13.1 Å². The lowest BCUT2D eigenvalue weighted by Crippen LogP contribution is -2.52. The number of nitrogens with one attached hydrogen (secondary N) is 2. The van der Waals surface area contributed by atoms with E-state index >= 15 is 0 Å². The van der Waals surface area contributed by atoms with Gasteiger partial charge in [0, 0.05) is 19.6 Å². The highest BCUT2D eigenvalue weighted by molar-refractivity contribution is 7.00. The molecule has 1 aromatic carbocycles. The summed E-state index contributed by atoms with van der Waals surface area (Å²) in [6.45, 7) is 1.34. The third-order valence-electron chi connectivity index (χ3n) is 4.64. The highest BCUT2D eigenvalue weighted by Gasteiger charge is 2.45. The number of fused-ring (bicyclic) bond motifs is 1. The maximum atomic E-state index is 12.4. The molecule has 0 saturated carbocycles. The smallest absolute Gasteiger partial charge is 0.317 e. The van der Waals surface area contributed by atoms with Crippen LogP contribution in [0.5, 0.6) is 0 Å². The molecule has 2 aliphatic heterocycles. The van der Waals surface area contributed by atoms with Gasteiger partial charge in [-0.3, -0.25) is 10.1 Å². The molecule has 0 bridgehead atoms. The van der Waals surface area contributed by atoms with E-state index in [9.17, 15) is 9.59 Å². The van der Waals surface area contributed by atoms with Gasteiger partial charge in [0.05, 0.1) is 11.7 Å². The first-order chi connectivity index (χ1) is 12.1. The molecule has 4 N–H and O–H groups in total. The number of hydrogen-bond donors (Lipinski definition) is 3. The van der Waals surface area contributed by atoms with E-state index in [1.807, 2.05) is 18.2 Å². The normalized spacial score (nSPS) is 19.1. The van der Waals surface area contributed by atoms with Crippen LogP contribution in [0.4, 0.5) is 4.79 Å². The lowest BCUT2D eigenvalue weighted by atomic mass is 9.88. The van der Waals surface area contributed by atoms with Crippen LogP contribution in [0.3, 0.4) is 0 Å². The van der Waals surface area contributed by atoms with Crippen LogP contribution in [-0.2, 0) is 11.3 Å². The fraction of sp³-hybridized carbons (Fsp3) is 0.400. The maximum Gasteiger partial charge on any atom is 0.317 e. The molecule has 0 aliphatic carbocycles. The van der Waals surface area contributed by atoms with Gasteiger partial charge in [-0.25, -0.2) is 9.79 Å². The number of urea groups is 1. The van der Waals surface area contributed by atoms with Crippen molar-refractivity contribution in [3.63, 3.8) is 0 Å². The zero-order chi connectivity index (χ0) is 17.4. The third kappa shape index (κ3) is 2.88. The number of hydrogen-bond acceptors (Lipinski definition) is 7. The number of nitrogens with two attached hydrogens (primary N) is 1. The van der Waals surface area contributed by atoms with Crippen molar-refractivity contribution in [1.82, 2.24) is 24.3 Å². The minimum absolute atomic E-state index is 0.151. The summed E-state index contributed by atoms with van der Waals surface area (Å²) >= 11 is 1.17. The summed E-state index contributed by atoms with van der Waals surface area (Å²) in [6, 6.07) is 5.59. The molecule has 3 amide bonds. The van der Waals surface area contributed by atoms with Crippen LogP contribution < -0.4 is 16.4 Å². The maximum absolute atomic E-state index is 12.4. The van der Waals surface area contributed by atoms with Crippen LogP contribution in [0.1, 0.15) is 18.4 Å². The molecule has 0 atom stereocenters. The van der Waals surface area contributed by atoms with E-state index in [0.717, 1.165) is 16.6 Å². The van der Waals surface area contributed by atoms with E-state index in [-0.39, 0.29) is 17.9 Å². The summed E-state index contributed by atoms with van der Waals surface area (Å²) in [4.78, 5) is 30.3. The van der Waals surface area contributed by atoms with Gasteiger partial charge in [-0.05, 0) is 30.5 Å². The largest absolute Gasteiger partial charge is 0.370 e. The van der Waals surface area contributed by atoms with Crippen LogP contribution >= 0.6 is 11.7 Å². The summed E-state index contributed by atoms with van der Waals surface area (Å²) in [6.07, 6.45) is 0.951. The predicted octanol–water partition coefficient (Wildman–Crippen LogP) is 0.180. The van der Waals surface area contributed by atoms with Gasteiger partial charge in [0.25, 0.3) is 5.91 Å². The molecule has 0 radical (unpaired) electrons. The van der Waals surface area contributed by atoms with Gasteiger partial charge in [0.2, 0.25) is 0 Å². The monoisotopic (exact) mass is 359 g/mol. The van der Waals surface area contributed by atoms with E-state index < -0.39 is 5.54 Å². The Bertz CT molecular complexity index is 870. The molecule has 1 saturated heterocycles. The van der Waals surface area contributed by atoms with Crippen LogP contribution in [0.15, 0.2) is 23.2 Å². The topological polar surface area (TPSA) is 126 Å². The number of piperidine rings is 1. The third-order valence-corrected chi connectivity index (χ3v) is 5.20. The lowest BCUT2D eigenvalue weighted by Gasteiger charge is -2.35. The van der Waals surface area contributed by atoms with E-state index in [1.165, 1.54) is 11.7 Å². The average molecular weight is 359 g/mol. The molecule has 2 aromatic rings. The first-order valence-corrected chi connectivity index (χ1v) is 8.70. The zero-order valence-electron chi connectivity index (χ0n) is 13.4. The summed E-state index contributed by atoms with van der Waals surface area (Å²) in [5.74, 6) is -0.00921. The molecule has 2 aliphatic rings. The summed E-state index contributed by atoms with van der Waals surface area (Å²) in [5, 5.41) is 5.45. The Hall–Kier alpha value is -2.75. The van der Waals surface area contributed by atoms with Gasteiger partial charge in [-0.2, -0.15) is 8.75 Å². The first kappa shape index (κ1) is 15.8. The van der Waals surface area contributed by atoms with Gasteiger partial charge in [0.1, 0.15) is 16.6 Å². The molecule has 1 aromatic heterocycles. The highest BCUT2D eigenvalue weighted by atomic mass is 32.1. The average Bonchev–Trinajstić information content (AvgIpc) is 3.17. The van der Waals surface area contributed by atoms with Gasteiger partial charge >= 0.3 is 6.03 Å². The minimum atomic E-state index is -0.802. The van der Waals surface area contributed by atoms with Gasteiger partial charge in [-0.1, -0.05) is 6.07 Å². The second-order valence-corrected chi connectivity index (χ2v) is 6.74. The standard InChI is InChI=1S/C15H17N7O2S/c16-13-18-12(23)15(19-13)3-5-22(6-4-15)14(24)17-8-9-1-2-10-11(7-9)21-25-20-10/h1-2,7H,3-6,8H2,(H,17,24)(H3,16,18,19,23). The van der Waals surface area contributed by atoms with Gasteiger partial charge in [-0.15, -0.1) is 0 Å². The fourth-order valence-electron chi connectivity index (χ4n) is 3.19. The van der Waals surface area contributed by atoms with E-state index in [1.54, 1.807) is 4.90 Å². The number of aliphatic imine (C=N–C) groups is 1. The Labute approximate surface area is 147 Å². The fourth-order valence-corrected chi connectivity index (χ4v) is 3.71. The predicted molar refractivity (Wildman–Crippen MR) is 93.0 cm³/mol. The number of carbonyl (C=O) groups is 2.